The van der Waals surface area contributed by atoms with E-state index in [-0.39, 0.29) is 0 Å². The number of para-hydroxylation sites is 3. The highest BCUT2D eigenvalue weighted by Crippen LogP contribution is 2.70. The zero-order valence-electron chi connectivity index (χ0n) is 59.4. The lowest BCUT2D eigenvalue weighted by Crippen LogP contribution is -2.35. The summed E-state index contributed by atoms with van der Waals surface area (Å²) in [4.78, 5) is 2.53. The Morgan fingerprint density at radius 2 is 0.550 bits per heavy atom. The Hall–Kier alpha value is -13.9. The highest BCUT2D eigenvalue weighted by Gasteiger charge is 2.58. The molecular formula is C106H67NO2. The third-order valence-corrected chi connectivity index (χ3v) is 24.9. The molecule has 0 amide bonds. The van der Waals surface area contributed by atoms with Crippen LogP contribution in [0.25, 0.3) is 88.4 Å². The third kappa shape index (κ3) is 8.10. The lowest BCUT2D eigenvalue weighted by atomic mass is 9.60. The van der Waals surface area contributed by atoms with Crippen molar-refractivity contribution in [3.8, 4) is 44.5 Å². The van der Waals surface area contributed by atoms with E-state index >= 15 is 0 Å². The fraction of sp³-hybridized carbons (Fsp3) is 0.0377. The van der Waals surface area contributed by atoms with Crippen LogP contribution in [-0.2, 0) is 21.7 Å². The summed E-state index contributed by atoms with van der Waals surface area (Å²) in [5.74, 6) is 0. The van der Waals surface area contributed by atoms with Crippen LogP contribution in [0.3, 0.4) is 0 Å². The number of rotatable bonds is 11. The number of hydrogen-bond donors (Lipinski definition) is 0. The number of nitrogens with zero attached hydrogens (tertiary/aromatic N) is 1. The predicted octanol–water partition coefficient (Wildman–Crippen LogP) is 26.4. The molecular weight excluding hydrogens is 1320 g/mol. The minimum absolute atomic E-state index is 0.711. The zero-order chi connectivity index (χ0) is 71.6. The van der Waals surface area contributed by atoms with Crippen LogP contribution in [0.2, 0.25) is 0 Å². The van der Waals surface area contributed by atoms with Gasteiger partial charge in [-0.05, 0) is 195 Å². The van der Waals surface area contributed by atoms with Crippen molar-refractivity contribution >= 4 is 60.9 Å². The normalized spacial score (nSPS) is 14.5. The largest absolute Gasteiger partial charge is 0.456 e. The van der Waals surface area contributed by atoms with E-state index in [2.05, 4.69) is 411 Å². The molecule has 3 nitrogen and oxygen atoms in total. The molecule has 17 aromatic carbocycles. The van der Waals surface area contributed by atoms with E-state index in [1.807, 2.05) is 0 Å². The molecule has 0 saturated carbocycles. The van der Waals surface area contributed by atoms with E-state index in [0.29, 0.717) is 0 Å². The summed E-state index contributed by atoms with van der Waals surface area (Å²) in [5.41, 5.74) is 32.2. The number of furan rings is 2. The lowest BCUT2D eigenvalue weighted by Gasteiger charge is -2.41. The Labute approximate surface area is 632 Å². The highest BCUT2D eigenvalue weighted by atomic mass is 16.3. The topological polar surface area (TPSA) is 29.5 Å². The van der Waals surface area contributed by atoms with Crippen LogP contribution in [0, 0.1) is 0 Å². The second-order valence-electron chi connectivity index (χ2n) is 29.8. The van der Waals surface area contributed by atoms with Crippen molar-refractivity contribution in [2.45, 2.75) is 21.7 Å². The first-order valence-corrected chi connectivity index (χ1v) is 38.0. The van der Waals surface area contributed by atoms with E-state index in [9.17, 15) is 0 Å². The molecule has 0 saturated heterocycles. The Bertz CT molecular complexity index is 6710. The van der Waals surface area contributed by atoms with Gasteiger partial charge in [-0.1, -0.05) is 340 Å². The maximum atomic E-state index is 7.56. The molecule has 2 aromatic heterocycles. The summed E-state index contributed by atoms with van der Waals surface area (Å²) < 4.78 is 14.5. The molecule has 3 heteroatoms. The summed E-state index contributed by atoms with van der Waals surface area (Å²) in [6.45, 7) is 0. The quantitative estimate of drug-likeness (QED) is 0.129. The van der Waals surface area contributed by atoms with Gasteiger partial charge < -0.3 is 13.7 Å². The van der Waals surface area contributed by atoms with Crippen molar-refractivity contribution in [1.82, 2.24) is 0 Å². The van der Waals surface area contributed by atoms with Gasteiger partial charge in [0.2, 0.25) is 0 Å². The minimum Gasteiger partial charge on any atom is -0.456 e. The van der Waals surface area contributed by atoms with E-state index in [4.69, 9.17) is 8.83 Å². The smallest absolute Gasteiger partial charge is 0.144 e. The predicted molar refractivity (Wildman–Crippen MR) is 445 cm³/mol. The molecule has 23 rings (SSSR count). The van der Waals surface area contributed by atoms with Gasteiger partial charge in [0.05, 0.1) is 21.7 Å². The number of hydrogen-bond acceptors (Lipinski definition) is 3. The molecule has 0 bridgehead atoms. The molecule has 0 atom stereocenters. The van der Waals surface area contributed by atoms with Crippen LogP contribution < -0.4 is 4.90 Å². The number of anilines is 3. The van der Waals surface area contributed by atoms with Crippen molar-refractivity contribution in [2.75, 3.05) is 4.90 Å². The Kier molecular flexibility index (Phi) is 13.1. The van der Waals surface area contributed by atoms with E-state index < -0.39 is 21.7 Å². The SMILES string of the molecule is c1ccc(N(c2ccc3c(c2)C(c2ccccc2)(c2ccccc2)c2cc4c(cc2-3)C(c2ccccc2)(c2ccccc2)c2ccc3oc5ccccc5c3c2-4)c2ccc3c(c2)C(c2ccccc2)(c2ccccc2)c2c4c(c5oc6ccccc6c5c2-3)-c2ccccc2C4(c2ccccc2)c2ccccc2)cc1. The minimum atomic E-state index is -0.934. The van der Waals surface area contributed by atoms with Crippen LogP contribution in [0.4, 0.5) is 17.1 Å². The Morgan fingerprint density at radius 1 is 0.193 bits per heavy atom. The molecule has 0 radical (unpaired) electrons. The van der Waals surface area contributed by atoms with Crippen molar-refractivity contribution < 1.29 is 8.83 Å². The molecule has 508 valence electrons. The van der Waals surface area contributed by atoms with Gasteiger partial charge in [-0.3, -0.25) is 0 Å². The summed E-state index contributed by atoms with van der Waals surface area (Å²) in [5, 5.41) is 4.45. The molecule has 4 aliphatic carbocycles. The van der Waals surface area contributed by atoms with Crippen molar-refractivity contribution in [3.63, 3.8) is 0 Å². The second kappa shape index (κ2) is 23.3. The average Bonchev–Trinajstić information content (AvgIpc) is 1.48. The zero-order valence-corrected chi connectivity index (χ0v) is 59.4. The summed E-state index contributed by atoms with van der Waals surface area (Å²) in [7, 11) is 0. The molecule has 2 heterocycles. The fourth-order valence-electron chi connectivity index (χ4n) is 20.9. The summed E-state index contributed by atoms with van der Waals surface area (Å²) in [6, 6.07) is 153. The maximum absolute atomic E-state index is 7.56. The van der Waals surface area contributed by atoms with Gasteiger partial charge in [0.15, 0.2) is 0 Å². The Morgan fingerprint density at radius 3 is 1.06 bits per heavy atom. The molecule has 0 aliphatic heterocycles. The molecule has 0 fully saturated rings. The first-order valence-electron chi connectivity index (χ1n) is 38.0. The third-order valence-electron chi connectivity index (χ3n) is 24.9. The summed E-state index contributed by atoms with van der Waals surface area (Å²) in [6.07, 6.45) is 0. The van der Waals surface area contributed by atoms with E-state index in [1.165, 1.54) is 128 Å². The van der Waals surface area contributed by atoms with Gasteiger partial charge in [0, 0.05) is 44.2 Å². The molecule has 0 N–H and O–H groups in total. The molecule has 4 aliphatic rings. The lowest BCUT2D eigenvalue weighted by molar-refractivity contribution is 0.666. The van der Waals surface area contributed by atoms with E-state index in [0.717, 1.165) is 66.5 Å². The number of fused-ring (bicyclic) bond motifs is 22. The van der Waals surface area contributed by atoms with Gasteiger partial charge >= 0.3 is 0 Å². The molecule has 19 aromatic rings. The first kappa shape index (κ1) is 61.4. The van der Waals surface area contributed by atoms with Gasteiger partial charge in [-0.15, -0.1) is 0 Å². The second-order valence-corrected chi connectivity index (χ2v) is 29.8. The standard InChI is InChI=1S/C106H67NO2/c1-10-34-68(35-11-1)103(69-36-12-2-13-37-69)87-62-63-94-96(82-53-29-32-56-92(82)108-94)95(87)85-67-90-84(66-91(85)103)79-60-58-77(64-88(79)104(90,70-38-14-3-15-39-70)71-40-16-4-17-41-71)107(76-50-26-9-27-51-76)78-59-61-81-89(65-78)106(74-46-22-7-23-47-74,75-48-24-8-25-49-75)100-97(81)98-83-54-30-33-57-93(83)109-102(98)99-80-52-28-31-55-86(80)105(101(99)100,72-42-18-5-19-43-72)73-44-20-6-21-45-73/h1-67H. The van der Waals surface area contributed by atoms with Crippen molar-refractivity contribution in [3.05, 3.63) is 495 Å². The van der Waals surface area contributed by atoms with Gasteiger partial charge in [0.25, 0.3) is 0 Å². The Balaban J connectivity index is 0.829. The van der Waals surface area contributed by atoms with Crippen LogP contribution in [0.1, 0.15) is 89.0 Å². The van der Waals surface area contributed by atoms with Crippen LogP contribution >= 0.6 is 0 Å². The van der Waals surface area contributed by atoms with Crippen LogP contribution in [-0.4, -0.2) is 0 Å². The van der Waals surface area contributed by atoms with E-state index in [1.54, 1.807) is 0 Å². The van der Waals surface area contributed by atoms with Crippen molar-refractivity contribution in [2.24, 2.45) is 0 Å². The monoisotopic (exact) mass is 1390 g/mol. The van der Waals surface area contributed by atoms with Gasteiger partial charge in [-0.2, -0.15) is 0 Å². The van der Waals surface area contributed by atoms with Gasteiger partial charge in [-0.25, -0.2) is 0 Å². The number of benzene rings is 17. The molecule has 0 spiro atoms. The molecule has 0 unspecified atom stereocenters. The van der Waals surface area contributed by atoms with Crippen molar-refractivity contribution in [1.29, 1.82) is 0 Å². The van der Waals surface area contributed by atoms with Gasteiger partial charge in [0.1, 0.15) is 22.3 Å². The first-order chi connectivity index (χ1) is 54.1. The highest BCUT2D eigenvalue weighted by molar-refractivity contribution is 6.22. The fourth-order valence-corrected chi connectivity index (χ4v) is 20.9. The van der Waals surface area contributed by atoms with Crippen LogP contribution in [0.15, 0.2) is 415 Å². The summed E-state index contributed by atoms with van der Waals surface area (Å²) >= 11 is 0. The maximum Gasteiger partial charge on any atom is 0.144 e. The molecule has 109 heavy (non-hydrogen) atoms. The van der Waals surface area contributed by atoms with Crippen LogP contribution in [0.5, 0.6) is 0 Å². The average molecular weight is 1390 g/mol.